The van der Waals surface area contributed by atoms with Crippen LogP contribution in [0.2, 0.25) is 0 Å². The molecule has 0 amide bonds. The molecule has 0 atom stereocenters. The monoisotopic (exact) mass is 261 g/mol. The second-order valence-electron chi connectivity index (χ2n) is 3.73. The molecule has 0 radical (unpaired) electrons. The summed E-state index contributed by atoms with van der Waals surface area (Å²) in [5.74, 6) is -0.561. The summed E-state index contributed by atoms with van der Waals surface area (Å²) < 4.78 is 38.3. The predicted molar refractivity (Wildman–Crippen MR) is 62.9 cm³/mol. The van der Waals surface area contributed by atoms with Crippen LogP contribution in [-0.2, 0) is 6.18 Å². The lowest BCUT2D eigenvalue weighted by Gasteiger charge is -2.20. The van der Waals surface area contributed by atoms with Gasteiger partial charge in [0, 0.05) is 24.8 Å². The minimum absolute atomic E-state index is 0.331. The van der Waals surface area contributed by atoms with Crippen molar-refractivity contribution >= 4 is 11.5 Å². The number of benzene rings is 1. The fourth-order valence-corrected chi connectivity index (χ4v) is 1.47. The number of oxime groups is 1. The summed E-state index contributed by atoms with van der Waals surface area (Å²) in [7, 11) is 1.73. The first-order chi connectivity index (χ1) is 8.31. The van der Waals surface area contributed by atoms with Gasteiger partial charge in [0.05, 0.1) is 5.56 Å². The second-order valence-corrected chi connectivity index (χ2v) is 3.73. The Bertz CT molecular complexity index is 457. The summed E-state index contributed by atoms with van der Waals surface area (Å²) in [4.78, 5) is 1.74. The summed E-state index contributed by atoms with van der Waals surface area (Å²) in [6.07, 6.45) is -4.55. The molecule has 0 heterocycles. The van der Waals surface area contributed by atoms with Crippen LogP contribution < -0.4 is 10.6 Å². The molecule has 0 bridgehead atoms. The Labute approximate surface area is 102 Å². The van der Waals surface area contributed by atoms with Gasteiger partial charge in [0.2, 0.25) is 0 Å². The average molecular weight is 261 g/mol. The third-order valence-corrected chi connectivity index (χ3v) is 2.61. The third kappa shape index (κ3) is 2.85. The SMILES string of the molecule is CCN(C)c1ccc(C(F)(F)F)c(/C(N)=N/O)c1. The van der Waals surface area contributed by atoms with E-state index in [0.717, 1.165) is 6.07 Å². The highest BCUT2D eigenvalue weighted by Crippen LogP contribution is 2.33. The molecule has 0 fully saturated rings. The largest absolute Gasteiger partial charge is 0.417 e. The molecule has 1 aromatic carbocycles. The van der Waals surface area contributed by atoms with Gasteiger partial charge in [0.25, 0.3) is 0 Å². The predicted octanol–water partition coefficient (Wildman–Crippen LogP) is 2.26. The number of hydrogen-bond acceptors (Lipinski definition) is 3. The van der Waals surface area contributed by atoms with Gasteiger partial charge in [-0.3, -0.25) is 0 Å². The van der Waals surface area contributed by atoms with E-state index in [-0.39, 0.29) is 5.56 Å². The van der Waals surface area contributed by atoms with Gasteiger partial charge in [-0.2, -0.15) is 13.2 Å². The summed E-state index contributed by atoms with van der Waals surface area (Å²) in [6, 6.07) is 3.52. The molecule has 0 aromatic heterocycles. The minimum Gasteiger partial charge on any atom is -0.409 e. The molecule has 1 aromatic rings. The third-order valence-electron chi connectivity index (χ3n) is 2.61. The summed E-state index contributed by atoms with van der Waals surface area (Å²) in [5.41, 5.74) is 4.59. The highest BCUT2D eigenvalue weighted by Gasteiger charge is 2.34. The molecule has 3 N–H and O–H groups in total. The van der Waals surface area contributed by atoms with Crippen molar-refractivity contribution in [2.75, 3.05) is 18.5 Å². The lowest BCUT2D eigenvalue weighted by molar-refractivity contribution is -0.137. The first kappa shape index (κ1) is 14.1. The summed E-state index contributed by atoms with van der Waals surface area (Å²) in [5, 5.41) is 11.2. The Morgan fingerprint density at radius 1 is 1.44 bits per heavy atom. The molecular weight excluding hydrogens is 247 g/mol. The average Bonchev–Trinajstić information content (AvgIpc) is 2.35. The highest BCUT2D eigenvalue weighted by molar-refractivity contribution is 5.99. The Hall–Kier alpha value is -1.92. The van der Waals surface area contributed by atoms with E-state index in [2.05, 4.69) is 5.16 Å². The maximum Gasteiger partial charge on any atom is 0.417 e. The molecule has 0 saturated carbocycles. The van der Waals surface area contributed by atoms with Crippen LogP contribution >= 0.6 is 0 Å². The van der Waals surface area contributed by atoms with Crippen LogP contribution in [-0.4, -0.2) is 24.6 Å². The zero-order chi connectivity index (χ0) is 13.9. The van der Waals surface area contributed by atoms with Crippen molar-refractivity contribution in [3.05, 3.63) is 29.3 Å². The van der Waals surface area contributed by atoms with Gasteiger partial charge in [-0.25, -0.2) is 0 Å². The van der Waals surface area contributed by atoms with E-state index in [1.165, 1.54) is 12.1 Å². The van der Waals surface area contributed by atoms with E-state index < -0.39 is 17.6 Å². The number of halogens is 3. The van der Waals surface area contributed by atoms with Gasteiger partial charge in [0.15, 0.2) is 5.84 Å². The number of amidine groups is 1. The van der Waals surface area contributed by atoms with Gasteiger partial charge in [-0.15, -0.1) is 0 Å². The Morgan fingerprint density at radius 3 is 2.50 bits per heavy atom. The van der Waals surface area contributed by atoms with Gasteiger partial charge in [0.1, 0.15) is 0 Å². The lowest BCUT2D eigenvalue weighted by Crippen LogP contribution is -2.22. The number of hydrogen-bond donors (Lipinski definition) is 2. The van der Waals surface area contributed by atoms with Crippen molar-refractivity contribution < 1.29 is 18.4 Å². The zero-order valence-electron chi connectivity index (χ0n) is 9.99. The van der Waals surface area contributed by atoms with Crippen LogP contribution in [0.1, 0.15) is 18.1 Å². The molecule has 7 heteroatoms. The maximum absolute atomic E-state index is 12.8. The van der Waals surface area contributed by atoms with E-state index >= 15 is 0 Å². The van der Waals surface area contributed by atoms with Crippen LogP contribution in [0.5, 0.6) is 0 Å². The fourth-order valence-electron chi connectivity index (χ4n) is 1.47. The van der Waals surface area contributed by atoms with Crippen molar-refractivity contribution in [3.63, 3.8) is 0 Å². The van der Waals surface area contributed by atoms with Gasteiger partial charge < -0.3 is 15.8 Å². The summed E-state index contributed by atoms with van der Waals surface area (Å²) >= 11 is 0. The van der Waals surface area contributed by atoms with Crippen molar-refractivity contribution in [1.29, 1.82) is 0 Å². The molecule has 4 nitrogen and oxygen atoms in total. The molecule has 0 unspecified atom stereocenters. The number of alkyl halides is 3. The first-order valence-corrected chi connectivity index (χ1v) is 5.21. The molecule has 0 aliphatic carbocycles. The molecule has 0 spiro atoms. The van der Waals surface area contributed by atoms with Crippen molar-refractivity contribution in [2.24, 2.45) is 10.9 Å². The van der Waals surface area contributed by atoms with Crippen LogP contribution in [0.4, 0.5) is 18.9 Å². The minimum atomic E-state index is -4.55. The van der Waals surface area contributed by atoms with Crippen LogP contribution in [0.25, 0.3) is 0 Å². The Kier molecular flexibility index (Phi) is 4.05. The molecule has 18 heavy (non-hydrogen) atoms. The number of nitrogens with two attached hydrogens (primary N) is 1. The van der Waals surface area contributed by atoms with E-state index in [1.54, 1.807) is 11.9 Å². The topological polar surface area (TPSA) is 61.8 Å². The van der Waals surface area contributed by atoms with Gasteiger partial charge >= 0.3 is 6.18 Å². The normalized spacial score (nSPS) is 12.6. The summed E-state index contributed by atoms with van der Waals surface area (Å²) in [6.45, 7) is 2.49. The van der Waals surface area contributed by atoms with Crippen molar-refractivity contribution in [1.82, 2.24) is 0 Å². The van der Waals surface area contributed by atoms with E-state index in [4.69, 9.17) is 10.9 Å². The van der Waals surface area contributed by atoms with Crippen molar-refractivity contribution in [3.8, 4) is 0 Å². The number of nitrogens with zero attached hydrogens (tertiary/aromatic N) is 2. The standard InChI is InChI=1S/C11H14F3N3O/c1-3-17(2)7-4-5-9(11(12,13)14)8(6-7)10(15)16-18/h4-6,18H,3H2,1-2H3,(H2,15,16). The number of rotatable bonds is 3. The molecule has 0 saturated heterocycles. The maximum atomic E-state index is 12.8. The lowest BCUT2D eigenvalue weighted by atomic mass is 10.0. The highest BCUT2D eigenvalue weighted by atomic mass is 19.4. The van der Waals surface area contributed by atoms with Gasteiger partial charge in [-0.1, -0.05) is 5.16 Å². The molecule has 0 aliphatic heterocycles. The molecule has 1 rings (SSSR count). The van der Waals surface area contributed by atoms with Crippen LogP contribution in [0.3, 0.4) is 0 Å². The molecule has 100 valence electrons. The number of anilines is 1. The Morgan fingerprint density at radius 2 is 2.06 bits per heavy atom. The zero-order valence-corrected chi connectivity index (χ0v) is 9.99. The smallest absolute Gasteiger partial charge is 0.409 e. The van der Waals surface area contributed by atoms with E-state index in [1.807, 2.05) is 6.92 Å². The van der Waals surface area contributed by atoms with E-state index in [0.29, 0.717) is 12.2 Å². The van der Waals surface area contributed by atoms with E-state index in [9.17, 15) is 13.2 Å². The second kappa shape index (κ2) is 5.16. The van der Waals surface area contributed by atoms with Crippen LogP contribution in [0, 0.1) is 0 Å². The van der Waals surface area contributed by atoms with Crippen molar-refractivity contribution in [2.45, 2.75) is 13.1 Å². The first-order valence-electron chi connectivity index (χ1n) is 5.21. The molecular formula is C11H14F3N3O. The fraction of sp³-hybridized carbons (Fsp3) is 0.364. The Balaban J connectivity index is 3.39. The van der Waals surface area contributed by atoms with Gasteiger partial charge in [-0.05, 0) is 25.1 Å². The quantitative estimate of drug-likeness (QED) is 0.379. The molecule has 0 aliphatic rings. The van der Waals surface area contributed by atoms with Crippen LogP contribution in [0.15, 0.2) is 23.4 Å².